The van der Waals surface area contributed by atoms with Crippen molar-refractivity contribution in [1.29, 1.82) is 0 Å². The Bertz CT molecular complexity index is 378. The van der Waals surface area contributed by atoms with Gasteiger partial charge in [-0.3, -0.25) is 0 Å². The second-order valence-corrected chi connectivity index (χ2v) is 5.35. The maximum absolute atomic E-state index is 6.20. The molecule has 2 nitrogen and oxygen atoms in total. The standard InChI is InChI=1S/C14H21ClN2/c1-11-5-6-13(9-14(11)15)17-8-4-3-7-16-12(2)10-17/h5-6,9,12,16H,3-4,7-8,10H2,1-2H3. The highest BCUT2D eigenvalue weighted by molar-refractivity contribution is 6.31. The van der Waals surface area contributed by atoms with Gasteiger partial charge in [0, 0.05) is 29.8 Å². The van der Waals surface area contributed by atoms with Crippen molar-refractivity contribution >= 4 is 17.3 Å². The van der Waals surface area contributed by atoms with Gasteiger partial charge in [0.25, 0.3) is 0 Å². The van der Waals surface area contributed by atoms with Crippen molar-refractivity contribution in [2.45, 2.75) is 32.7 Å². The summed E-state index contributed by atoms with van der Waals surface area (Å²) in [5.74, 6) is 0. The van der Waals surface area contributed by atoms with Gasteiger partial charge < -0.3 is 10.2 Å². The highest BCUT2D eigenvalue weighted by atomic mass is 35.5. The minimum atomic E-state index is 0.537. The molecule has 0 radical (unpaired) electrons. The van der Waals surface area contributed by atoms with Crippen LogP contribution in [0.25, 0.3) is 0 Å². The van der Waals surface area contributed by atoms with Crippen molar-refractivity contribution in [3.63, 3.8) is 0 Å². The van der Waals surface area contributed by atoms with E-state index in [9.17, 15) is 0 Å². The van der Waals surface area contributed by atoms with Crippen LogP contribution < -0.4 is 10.2 Å². The number of aryl methyl sites for hydroxylation is 1. The van der Waals surface area contributed by atoms with Crippen molar-refractivity contribution in [2.75, 3.05) is 24.5 Å². The molecule has 0 spiro atoms. The van der Waals surface area contributed by atoms with Gasteiger partial charge in [-0.15, -0.1) is 0 Å². The van der Waals surface area contributed by atoms with E-state index >= 15 is 0 Å². The van der Waals surface area contributed by atoms with Crippen LogP contribution in [0.1, 0.15) is 25.3 Å². The van der Waals surface area contributed by atoms with Gasteiger partial charge in [0.1, 0.15) is 0 Å². The molecule has 94 valence electrons. The molecular weight excluding hydrogens is 232 g/mol. The third-order valence-electron chi connectivity index (χ3n) is 3.36. The Kier molecular flexibility index (Phi) is 4.30. The number of nitrogens with one attached hydrogen (secondary N) is 1. The summed E-state index contributed by atoms with van der Waals surface area (Å²) in [5, 5.41) is 4.40. The Morgan fingerprint density at radius 2 is 2.18 bits per heavy atom. The van der Waals surface area contributed by atoms with E-state index in [-0.39, 0.29) is 0 Å². The van der Waals surface area contributed by atoms with E-state index < -0.39 is 0 Å². The Balaban J connectivity index is 2.15. The van der Waals surface area contributed by atoms with Crippen LogP contribution in [0.5, 0.6) is 0 Å². The number of halogens is 1. The van der Waals surface area contributed by atoms with Gasteiger partial charge in [-0.1, -0.05) is 17.7 Å². The second kappa shape index (κ2) is 5.74. The van der Waals surface area contributed by atoms with Crippen LogP contribution in [0.15, 0.2) is 18.2 Å². The molecule has 1 aliphatic rings. The van der Waals surface area contributed by atoms with Crippen LogP contribution in [-0.4, -0.2) is 25.7 Å². The molecule has 2 rings (SSSR count). The first-order chi connectivity index (χ1) is 8.16. The molecule has 1 saturated heterocycles. The minimum Gasteiger partial charge on any atom is -0.370 e. The summed E-state index contributed by atoms with van der Waals surface area (Å²) in [4.78, 5) is 2.43. The molecule has 3 heteroatoms. The van der Waals surface area contributed by atoms with Gasteiger partial charge >= 0.3 is 0 Å². The minimum absolute atomic E-state index is 0.537. The number of hydrogen-bond donors (Lipinski definition) is 1. The fourth-order valence-electron chi connectivity index (χ4n) is 2.28. The molecule has 0 amide bonds. The summed E-state index contributed by atoms with van der Waals surface area (Å²) in [6.07, 6.45) is 2.49. The summed E-state index contributed by atoms with van der Waals surface area (Å²) < 4.78 is 0. The number of hydrogen-bond acceptors (Lipinski definition) is 2. The molecule has 1 aromatic rings. The fraction of sp³-hybridized carbons (Fsp3) is 0.571. The van der Waals surface area contributed by atoms with Gasteiger partial charge in [0.15, 0.2) is 0 Å². The lowest BCUT2D eigenvalue weighted by atomic mass is 10.1. The molecular formula is C14H21ClN2. The monoisotopic (exact) mass is 252 g/mol. The average molecular weight is 253 g/mol. The van der Waals surface area contributed by atoms with E-state index in [1.165, 1.54) is 18.5 Å². The Labute approximate surface area is 109 Å². The number of benzene rings is 1. The Hall–Kier alpha value is -0.730. The zero-order valence-electron chi connectivity index (χ0n) is 10.7. The maximum Gasteiger partial charge on any atom is 0.0455 e. The summed E-state index contributed by atoms with van der Waals surface area (Å²) in [7, 11) is 0. The largest absolute Gasteiger partial charge is 0.370 e. The molecule has 1 atom stereocenters. The zero-order chi connectivity index (χ0) is 12.3. The third kappa shape index (κ3) is 3.36. The van der Waals surface area contributed by atoms with Gasteiger partial charge in [-0.2, -0.15) is 0 Å². The van der Waals surface area contributed by atoms with Crippen LogP contribution in [0.4, 0.5) is 5.69 Å². The van der Waals surface area contributed by atoms with E-state index in [1.54, 1.807) is 0 Å². The van der Waals surface area contributed by atoms with Crippen molar-refractivity contribution in [2.24, 2.45) is 0 Å². The van der Waals surface area contributed by atoms with Crippen molar-refractivity contribution in [1.82, 2.24) is 5.32 Å². The van der Waals surface area contributed by atoms with Gasteiger partial charge in [-0.05, 0) is 50.9 Å². The van der Waals surface area contributed by atoms with Gasteiger partial charge in [-0.25, -0.2) is 0 Å². The predicted octanol–water partition coefficient (Wildman–Crippen LogP) is 3.23. The summed E-state index contributed by atoms with van der Waals surface area (Å²) in [6.45, 7) is 7.62. The first-order valence-electron chi connectivity index (χ1n) is 6.41. The van der Waals surface area contributed by atoms with E-state index in [4.69, 9.17) is 11.6 Å². The molecule has 1 fully saturated rings. The summed E-state index contributed by atoms with van der Waals surface area (Å²) in [6, 6.07) is 6.91. The van der Waals surface area contributed by atoms with Gasteiger partial charge in [0.2, 0.25) is 0 Å². The predicted molar refractivity (Wildman–Crippen MR) is 75.1 cm³/mol. The molecule has 17 heavy (non-hydrogen) atoms. The van der Waals surface area contributed by atoms with E-state index in [2.05, 4.69) is 35.3 Å². The van der Waals surface area contributed by atoms with Crippen molar-refractivity contribution < 1.29 is 0 Å². The second-order valence-electron chi connectivity index (χ2n) is 4.94. The lowest BCUT2D eigenvalue weighted by Gasteiger charge is -2.31. The van der Waals surface area contributed by atoms with E-state index in [0.717, 1.165) is 30.2 Å². The van der Waals surface area contributed by atoms with Gasteiger partial charge in [0.05, 0.1) is 0 Å². The van der Waals surface area contributed by atoms with Crippen LogP contribution in [-0.2, 0) is 0 Å². The summed E-state index contributed by atoms with van der Waals surface area (Å²) in [5.41, 5.74) is 2.39. The molecule has 1 aromatic carbocycles. The number of rotatable bonds is 1. The van der Waals surface area contributed by atoms with E-state index in [1.807, 2.05) is 6.92 Å². The maximum atomic E-state index is 6.20. The highest BCUT2D eigenvalue weighted by Crippen LogP contribution is 2.24. The van der Waals surface area contributed by atoms with Crippen LogP contribution >= 0.6 is 11.6 Å². The van der Waals surface area contributed by atoms with E-state index in [0.29, 0.717) is 6.04 Å². The average Bonchev–Trinajstić information content (AvgIpc) is 2.27. The molecule has 1 N–H and O–H groups in total. The van der Waals surface area contributed by atoms with Crippen LogP contribution in [0.3, 0.4) is 0 Å². The SMILES string of the molecule is Cc1ccc(N2CCCCNC(C)C2)cc1Cl. The first kappa shape index (κ1) is 12.7. The molecule has 0 aliphatic carbocycles. The lowest BCUT2D eigenvalue weighted by molar-refractivity contribution is 0.485. The molecule has 0 aromatic heterocycles. The molecule has 0 bridgehead atoms. The van der Waals surface area contributed by atoms with Crippen LogP contribution in [0, 0.1) is 6.92 Å². The number of anilines is 1. The molecule has 1 heterocycles. The molecule has 0 saturated carbocycles. The molecule has 1 unspecified atom stereocenters. The topological polar surface area (TPSA) is 15.3 Å². The lowest BCUT2D eigenvalue weighted by Crippen LogP contribution is -2.42. The van der Waals surface area contributed by atoms with Crippen molar-refractivity contribution in [3.8, 4) is 0 Å². The quantitative estimate of drug-likeness (QED) is 0.826. The van der Waals surface area contributed by atoms with Crippen LogP contribution in [0.2, 0.25) is 5.02 Å². The fourth-order valence-corrected chi connectivity index (χ4v) is 2.45. The smallest absolute Gasteiger partial charge is 0.0455 e. The third-order valence-corrected chi connectivity index (χ3v) is 3.77. The highest BCUT2D eigenvalue weighted by Gasteiger charge is 2.13. The molecule has 1 aliphatic heterocycles. The number of nitrogens with zero attached hydrogens (tertiary/aromatic N) is 1. The zero-order valence-corrected chi connectivity index (χ0v) is 11.4. The summed E-state index contributed by atoms with van der Waals surface area (Å²) >= 11 is 6.20. The normalized spacial score (nSPS) is 22.1. The Morgan fingerprint density at radius 3 is 2.94 bits per heavy atom. The van der Waals surface area contributed by atoms with Crippen molar-refractivity contribution in [3.05, 3.63) is 28.8 Å². The Morgan fingerprint density at radius 1 is 1.35 bits per heavy atom. The first-order valence-corrected chi connectivity index (χ1v) is 6.79.